The molecular formula is C11H18INO3. The van der Waals surface area contributed by atoms with E-state index in [9.17, 15) is 5.11 Å². The minimum absolute atomic E-state index is 0. The predicted octanol–water partition coefficient (Wildman–Crippen LogP) is 1.70. The Balaban J connectivity index is 0.00000225. The van der Waals surface area contributed by atoms with E-state index >= 15 is 0 Å². The van der Waals surface area contributed by atoms with Crippen molar-refractivity contribution in [2.24, 2.45) is 5.73 Å². The summed E-state index contributed by atoms with van der Waals surface area (Å²) in [6.45, 7) is 1.74. The van der Waals surface area contributed by atoms with Crippen LogP contribution in [-0.2, 0) is 0 Å². The van der Waals surface area contributed by atoms with Gasteiger partial charge in [-0.25, -0.2) is 0 Å². The van der Waals surface area contributed by atoms with Gasteiger partial charge >= 0.3 is 0 Å². The van der Waals surface area contributed by atoms with Gasteiger partial charge in [-0.05, 0) is 25.1 Å². The highest BCUT2D eigenvalue weighted by Gasteiger charge is 2.17. The van der Waals surface area contributed by atoms with Crippen LogP contribution in [0.15, 0.2) is 18.2 Å². The van der Waals surface area contributed by atoms with Crippen LogP contribution in [0.5, 0.6) is 11.5 Å². The molecule has 0 aliphatic rings. The van der Waals surface area contributed by atoms with Crippen LogP contribution in [-0.4, -0.2) is 25.4 Å². The van der Waals surface area contributed by atoms with Crippen molar-refractivity contribution in [3.63, 3.8) is 0 Å². The zero-order valence-electron chi connectivity index (χ0n) is 9.64. The minimum atomic E-state index is -0.755. The molecule has 0 heterocycles. The number of benzene rings is 1. The standard InChI is InChI=1S/C11H17NO3.HI/c1-7(12)11(13)9-6-8(14-2)4-5-10(9)15-3;/h4-7,11,13H,12H2,1-3H3;1H. The van der Waals surface area contributed by atoms with Gasteiger partial charge < -0.3 is 20.3 Å². The fourth-order valence-corrected chi connectivity index (χ4v) is 1.35. The van der Waals surface area contributed by atoms with E-state index in [0.717, 1.165) is 0 Å². The van der Waals surface area contributed by atoms with Gasteiger partial charge in [0, 0.05) is 11.6 Å². The van der Waals surface area contributed by atoms with Crippen LogP contribution in [0.3, 0.4) is 0 Å². The van der Waals surface area contributed by atoms with E-state index in [-0.39, 0.29) is 30.0 Å². The molecule has 0 fully saturated rings. The van der Waals surface area contributed by atoms with Crippen LogP contribution >= 0.6 is 24.0 Å². The lowest BCUT2D eigenvalue weighted by atomic mass is 10.0. The second kappa shape index (κ2) is 6.93. The van der Waals surface area contributed by atoms with Gasteiger partial charge in [-0.1, -0.05) is 0 Å². The lowest BCUT2D eigenvalue weighted by molar-refractivity contribution is 0.149. The summed E-state index contributed by atoms with van der Waals surface area (Å²) in [4.78, 5) is 0. The summed E-state index contributed by atoms with van der Waals surface area (Å²) in [6, 6.07) is 4.90. The number of ether oxygens (including phenoxy) is 2. The Morgan fingerprint density at radius 2 is 1.88 bits per heavy atom. The summed E-state index contributed by atoms with van der Waals surface area (Å²) in [5, 5.41) is 9.87. The van der Waals surface area contributed by atoms with E-state index in [1.165, 1.54) is 0 Å². The van der Waals surface area contributed by atoms with E-state index in [1.54, 1.807) is 39.3 Å². The molecule has 92 valence electrons. The Bertz CT molecular complexity index is 331. The Morgan fingerprint density at radius 1 is 1.25 bits per heavy atom. The van der Waals surface area contributed by atoms with Gasteiger partial charge in [0.2, 0.25) is 0 Å². The summed E-state index contributed by atoms with van der Waals surface area (Å²) in [7, 11) is 3.13. The average Bonchev–Trinajstić information content (AvgIpc) is 2.27. The molecule has 0 amide bonds. The molecule has 16 heavy (non-hydrogen) atoms. The number of methoxy groups -OCH3 is 2. The second-order valence-corrected chi connectivity index (χ2v) is 3.41. The highest BCUT2D eigenvalue weighted by molar-refractivity contribution is 14.0. The van der Waals surface area contributed by atoms with Crippen LogP contribution in [0, 0.1) is 0 Å². The first-order valence-corrected chi connectivity index (χ1v) is 4.75. The highest BCUT2D eigenvalue weighted by atomic mass is 127. The molecule has 0 saturated heterocycles. The van der Waals surface area contributed by atoms with Gasteiger partial charge in [-0.15, -0.1) is 24.0 Å². The van der Waals surface area contributed by atoms with Crippen LogP contribution in [0.25, 0.3) is 0 Å². The summed E-state index contributed by atoms with van der Waals surface area (Å²) in [5.41, 5.74) is 6.28. The van der Waals surface area contributed by atoms with Crippen LogP contribution in [0.4, 0.5) is 0 Å². The van der Waals surface area contributed by atoms with Crippen LogP contribution in [0.2, 0.25) is 0 Å². The topological polar surface area (TPSA) is 64.7 Å². The van der Waals surface area contributed by atoms with Crippen molar-refractivity contribution in [1.82, 2.24) is 0 Å². The predicted molar refractivity (Wildman–Crippen MR) is 73.6 cm³/mol. The zero-order valence-corrected chi connectivity index (χ0v) is 12.0. The van der Waals surface area contributed by atoms with Crippen LogP contribution in [0.1, 0.15) is 18.6 Å². The summed E-state index contributed by atoms with van der Waals surface area (Å²) in [5.74, 6) is 1.28. The summed E-state index contributed by atoms with van der Waals surface area (Å²) in [6.07, 6.45) is -0.755. The quantitative estimate of drug-likeness (QED) is 0.820. The Morgan fingerprint density at radius 3 is 2.31 bits per heavy atom. The van der Waals surface area contributed by atoms with E-state index in [1.807, 2.05) is 0 Å². The molecule has 5 heteroatoms. The third kappa shape index (κ3) is 3.50. The van der Waals surface area contributed by atoms with Crippen molar-refractivity contribution >= 4 is 24.0 Å². The molecule has 0 aromatic heterocycles. The van der Waals surface area contributed by atoms with Crippen molar-refractivity contribution in [3.8, 4) is 11.5 Å². The van der Waals surface area contributed by atoms with Crippen molar-refractivity contribution in [1.29, 1.82) is 0 Å². The number of halogens is 1. The molecule has 0 saturated carbocycles. The van der Waals surface area contributed by atoms with E-state index in [0.29, 0.717) is 17.1 Å². The number of rotatable bonds is 4. The van der Waals surface area contributed by atoms with Gasteiger partial charge in [0.05, 0.1) is 20.3 Å². The first-order valence-electron chi connectivity index (χ1n) is 4.75. The molecule has 4 nitrogen and oxygen atoms in total. The Kier molecular flexibility index (Phi) is 6.70. The van der Waals surface area contributed by atoms with E-state index < -0.39 is 6.10 Å². The van der Waals surface area contributed by atoms with Crippen molar-refractivity contribution in [2.75, 3.05) is 14.2 Å². The number of aliphatic hydroxyl groups excluding tert-OH is 1. The van der Waals surface area contributed by atoms with Crippen LogP contribution < -0.4 is 15.2 Å². The SMILES string of the molecule is COc1ccc(OC)c(C(O)C(C)N)c1.I. The van der Waals surface area contributed by atoms with Crippen molar-refractivity contribution in [3.05, 3.63) is 23.8 Å². The number of hydrogen-bond donors (Lipinski definition) is 2. The summed E-state index contributed by atoms with van der Waals surface area (Å²) >= 11 is 0. The van der Waals surface area contributed by atoms with Gasteiger partial charge in [0.25, 0.3) is 0 Å². The van der Waals surface area contributed by atoms with E-state index in [2.05, 4.69) is 0 Å². The third-order valence-corrected chi connectivity index (χ3v) is 2.25. The van der Waals surface area contributed by atoms with Crippen molar-refractivity contribution in [2.45, 2.75) is 19.1 Å². The first-order chi connectivity index (χ1) is 7.10. The third-order valence-electron chi connectivity index (χ3n) is 2.25. The largest absolute Gasteiger partial charge is 0.497 e. The number of aliphatic hydroxyl groups is 1. The molecule has 1 aromatic rings. The maximum absolute atomic E-state index is 9.87. The molecule has 0 aliphatic carbocycles. The molecule has 2 atom stereocenters. The maximum Gasteiger partial charge on any atom is 0.124 e. The Hall–Kier alpha value is -0.530. The molecule has 0 aliphatic heterocycles. The fraction of sp³-hybridized carbons (Fsp3) is 0.455. The summed E-state index contributed by atoms with van der Waals surface area (Å²) < 4.78 is 10.2. The van der Waals surface area contributed by atoms with Gasteiger partial charge in [0.15, 0.2) is 0 Å². The molecule has 1 rings (SSSR count). The first kappa shape index (κ1) is 15.5. The van der Waals surface area contributed by atoms with Gasteiger partial charge in [0.1, 0.15) is 11.5 Å². The smallest absolute Gasteiger partial charge is 0.124 e. The second-order valence-electron chi connectivity index (χ2n) is 3.41. The number of hydrogen-bond acceptors (Lipinski definition) is 4. The Labute approximate surface area is 113 Å². The lowest BCUT2D eigenvalue weighted by Crippen LogP contribution is -2.24. The lowest BCUT2D eigenvalue weighted by Gasteiger charge is -2.18. The molecule has 3 N–H and O–H groups in total. The van der Waals surface area contributed by atoms with Gasteiger partial charge in [-0.3, -0.25) is 0 Å². The maximum atomic E-state index is 9.87. The fourth-order valence-electron chi connectivity index (χ4n) is 1.35. The van der Waals surface area contributed by atoms with E-state index in [4.69, 9.17) is 15.2 Å². The highest BCUT2D eigenvalue weighted by Crippen LogP contribution is 2.30. The van der Waals surface area contributed by atoms with Crippen molar-refractivity contribution < 1.29 is 14.6 Å². The zero-order chi connectivity index (χ0) is 11.4. The molecule has 0 spiro atoms. The monoisotopic (exact) mass is 339 g/mol. The van der Waals surface area contributed by atoms with Gasteiger partial charge in [-0.2, -0.15) is 0 Å². The molecule has 0 bridgehead atoms. The molecule has 0 radical (unpaired) electrons. The molecular weight excluding hydrogens is 321 g/mol. The minimum Gasteiger partial charge on any atom is -0.497 e. The molecule has 1 aromatic carbocycles. The average molecular weight is 339 g/mol. The normalized spacial score (nSPS) is 13.6. The molecule has 2 unspecified atom stereocenters. The number of nitrogens with two attached hydrogens (primary N) is 1.